The summed E-state index contributed by atoms with van der Waals surface area (Å²) in [6, 6.07) is 5.09. The van der Waals surface area contributed by atoms with Gasteiger partial charge >= 0.3 is 15.7 Å². The molecule has 0 aromatic heterocycles. The molecule has 1 aliphatic heterocycles. The summed E-state index contributed by atoms with van der Waals surface area (Å²) in [5, 5.41) is 3.04. The van der Waals surface area contributed by atoms with Gasteiger partial charge in [-0.25, -0.2) is 0 Å². The molecule has 0 aliphatic carbocycles. The molecule has 0 spiro atoms. The Hall–Kier alpha value is -0.970. The fourth-order valence-electron chi connectivity index (χ4n) is 1.82. The number of anilines is 1. The maximum atomic E-state index is 12.2. The van der Waals surface area contributed by atoms with Gasteiger partial charge in [-0.3, -0.25) is 4.72 Å². The third-order valence-corrected chi connectivity index (χ3v) is 5.03. The van der Waals surface area contributed by atoms with Crippen LogP contribution >= 0.6 is 11.8 Å². The summed E-state index contributed by atoms with van der Waals surface area (Å²) in [5.74, 6) is 0. The van der Waals surface area contributed by atoms with Crippen LogP contribution in [0.2, 0.25) is 0 Å². The minimum Gasteiger partial charge on any atom is -0.314 e. The van der Waals surface area contributed by atoms with E-state index in [2.05, 4.69) is 10.0 Å². The summed E-state index contributed by atoms with van der Waals surface area (Å²) in [7, 11) is -3.67. The van der Waals surface area contributed by atoms with E-state index in [1.54, 1.807) is 0 Å². The Morgan fingerprint density at radius 3 is 2.24 bits per heavy atom. The predicted molar refractivity (Wildman–Crippen MR) is 75.3 cm³/mol. The van der Waals surface area contributed by atoms with Crippen molar-refractivity contribution < 1.29 is 21.6 Å². The molecule has 2 N–H and O–H groups in total. The molecule has 0 unspecified atom stereocenters. The summed E-state index contributed by atoms with van der Waals surface area (Å²) in [4.78, 5) is 0.00706. The quantitative estimate of drug-likeness (QED) is 0.821. The maximum Gasteiger partial charge on any atom is 0.446 e. The van der Waals surface area contributed by atoms with Crippen molar-refractivity contribution in [2.24, 2.45) is 0 Å². The van der Waals surface area contributed by atoms with Crippen molar-refractivity contribution in [1.29, 1.82) is 0 Å². The molecule has 1 aromatic carbocycles. The van der Waals surface area contributed by atoms with Gasteiger partial charge in [0.15, 0.2) is 0 Å². The largest absolute Gasteiger partial charge is 0.446 e. The topological polar surface area (TPSA) is 61.4 Å². The Kier molecular flexibility index (Phi) is 5.02. The molecule has 1 aromatic rings. The van der Waals surface area contributed by atoms with Gasteiger partial charge in [0.1, 0.15) is 0 Å². The van der Waals surface area contributed by atoms with Gasteiger partial charge in [0, 0.05) is 36.8 Å². The fraction of sp³-hybridized carbons (Fsp3) is 0.455. The highest BCUT2D eigenvalue weighted by Gasteiger charge is 2.29. The van der Waals surface area contributed by atoms with E-state index in [0.717, 1.165) is 0 Å². The zero-order valence-corrected chi connectivity index (χ0v) is 12.5. The molecule has 0 atom stereocenters. The van der Waals surface area contributed by atoms with Gasteiger partial charge in [0.05, 0.1) is 0 Å². The first-order chi connectivity index (χ1) is 9.76. The average molecular weight is 341 g/mol. The summed E-state index contributed by atoms with van der Waals surface area (Å²) in [5.41, 5.74) is -4.12. The van der Waals surface area contributed by atoms with E-state index >= 15 is 0 Å². The number of halogens is 3. The smallest absolute Gasteiger partial charge is 0.314 e. The number of thioether (sulfide) groups is 1. The predicted octanol–water partition coefficient (Wildman–Crippen LogP) is 1.86. The molecule has 0 amide bonds. The SMILES string of the molecule is O=S(=O)(Nc1ccc(SC(F)(F)F)cc1)N1CCNCC1. The number of rotatable bonds is 4. The van der Waals surface area contributed by atoms with E-state index in [1.807, 2.05) is 0 Å². The zero-order chi connectivity index (χ0) is 15.5. The lowest BCUT2D eigenvalue weighted by Crippen LogP contribution is -2.48. The van der Waals surface area contributed by atoms with E-state index in [9.17, 15) is 21.6 Å². The van der Waals surface area contributed by atoms with Crippen LogP contribution in [-0.4, -0.2) is 44.4 Å². The van der Waals surface area contributed by atoms with Crippen molar-refractivity contribution in [3.8, 4) is 0 Å². The van der Waals surface area contributed by atoms with E-state index in [1.165, 1.54) is 28.6 Å². The normalized spacial score (nSPS) is 17.7. The minimum absolute atomic E-state index is 0.00706. The standard InChI is InChI=1S/C11H14F3N3O2S2/c12-11(13,14)20-10-3-1-9(2-4-10)16-21(18,19)17-7-5-15-6-8-17/h1-4,15-16H,5-8H2. The van der Waals surface area contributed by atoms with Gasteiger partial charge in [0.2, 0.25) is 0 Å². The number of nitrogens with one attached hydrogen (secondary N) is 2. The second-order valence-electron chi connectivity index (χ2n) is 4.33. The molecular formula is C11H14F3N3O2S2. The van der Waals surface area contributed by atoms with Gasteiger partial charge in [-0.05, 0) is 36.0 Å². The Morgan fingerprint density at radius 1 is 1.14 bits per heavy atom. The van der Waals surface area contributed by atoms with Crippen LogP contribution in [0.4, 0.5) is 18.9 Å². The number of hydrogen-bond donors (Lipinski definition) is 2. The Balaban J connectivity index is 2.02. The third-order valence-electron chi connectivity index (χ3n) is 2.75. The molecule has 5 nitrogen and oxygen atoms in total. The van der Waals surface area contributed by atoms with Gasteiger partial charge in [-0.2, -0.15) is 25.9 Å². The first-order valence-corrected chi connectivity index (χ1v) is 8.36. The molecule has 21 heavy (non-hydrogen) atoms. The van der Waals surface area contributed by atoms with Gasteiger partial charge in [0.25, 0.3) is 0 Å². The zero-order valence-electron chi connectivity index (χ0n) is 10.9. The van der Waals surface area contributed by atoms with E-state index in [0.29, 0.717) is 26.2 Å². The summed E-state index contributed by atoms with van der Waals surface area (Å²) in [6.45, 7) is 1.86. The van der Waals surface area contributed by atoms with Crippen LogP contribution in [-0.2, 0) is 10.2 Å². The van der Waals surface area contributed by atoms with Crippen LogP contribution in [0.5, 0.6) is 0 Å². The monoisotopic (exact) mass is 341 g/mol. The number of benzene rings is 1. The van der Waals surface area contributed by atoms with E-state index < -0.39 is 15.7 Å². The molecule has 0 radical (unpaired) electrons. The second-order valence-corrected chi connectivity index (χ2v) is 7.14. The first kappa shape index (κ1) is 16.4. The van der Waals surface area contributed by atoms with Crippen molar-refractivity contribution in [2.45, 2.75) is 10.4 Å². The van der Waals surface area contributed by atoms with Crippen molar-refractivity contribution >= 4 is 27.7 Å². The first-order valence-electron chi connectivity index (χ1n) is 6.11. The molecule has 1 fully saturated rings. The van der Waals surface area contributed by atoms with Crippen molar-refractivity contribution in [3.05, 3.63) is 24.3 Å². The van der Waals surface area contributed by atoms with Crippen LogP contribution in [0.25, 0.3) is 0 Å². The van der Waals surface area contributed by atoms with Gasteiger partial charge < -0.3 is 5.32 Å². The highest BCUT2D eigenvalue weighted by molar-refractivity contribution is 8.00. The molecule has 118 valence electrons. The van der Waals surface area contributed by atoms with Gasteiger partial charge in [-0.1, -0.05) is 0 Å². The Morgan fingerprint density at radius 2 is 1.71 bits per heavy atom. The van der Waals surface area contributed by atoms with E-state index in [4.69, 9.17) is 0 Å². The molecule has 1 aliphatic rings. The minimum atomic E-state index is -4.36. The number of piperazine rings is 1. The fourth-order valence-corrected chi connectivity index (χ4v) is 3.59. The molecule has 0 bridgehead atoms. The molecule has 1 saturated heterocycles. The lowest BCUT2D eigenvalue weighted by Gasteiger charge is -2.26. The molecule has 0 saturated carbocycles. The molecule has 2 rings (SSSR count). The lowest BCUT2D eigenvalue weighted by molar-refractivity contribution is -0.0328. The third kappa shape index (κ3) is 5.06. The van der Waals surface area contributed by atoms with Crippen LogP contribution in [0, 0.1) is 0 Å². The highest BCUT2D eigenvalue weighted by Crippen LogP contribution is 2.37. The van der Waals surface area contributed by atoms with Crippen molar-refractivity contribution in [3.63, 3.8) is 0 Å². The number of alkyl halides is 3. The van der Waals surface area contributed by atoms with Crippen LogP contribution < -0.4 is 10.0 Å². The van der Waals surface area contributed by atoms with Crippen molar-refractivity contribution in [2.75, 3.05) is 30.9 Å². The molecule has 1 heterocycles. The Bertz CT molecular complexity index is 569. The number of hydrogen-bond acceptors (Lipinski definition) is 4. The van der Waals surface area contributed by atoms with Crippen LogP contribution in [0.3, 0.4) is 0 Å². The van der Waals surface area contributed by atoms with Crippen LogP contribution in [0.15, 0.2) is 29.2 Å². The van der Waals surface area contributed by atoms with Crippen molar-refractivity contribution in [1.82, 2.24) is 9.62 Å². The molecular weight excluding hydrogens is 327 g/mol. The summed E-state index contributed by atoms with van der Waals surface area (Å²) >= 11 is -0.240. The summed E-state index contributed by atoms with van der Waals surface area (Å²) < 4.78 is 64.4. The lowest BCUT2D eigenvalue weighted by atomic mass is 10.3. The second kappa shape index (κ2) is 6.42. The van der Waals surface area contributed by atoms with Gasteiger partial charge in [-0.15, -0.1) is 0 Å². The Labute approximate surface area is 125 Å². The van der Waals surface area contributed by atoms with Crippen LogP contribution in [0.1, 0.15) is 0 Å². The molecule has 10 heteroatoms. The summed E-state index contributed by atoms with van der Waals surface area (Å²) in [6.07, 6.45) is 0. The maximum absolute atomic E-state index is 12.2. The average Bonchev–Trinajstić information content (AvgIpc) is 2.40. The van der Waals surface area contributed by atoms with E-state index in [-0.39, 0.29) is 22.3 Å². The highest BCUT2D eigenvalue weighted by atomic mass is 32.2. The number of nitrogens with zero attached hydrogens (tertiary/aromatic N) is 1.